The maximum atomic E-state index is 13.3. The van der Waals surface area contributed by atoms with Gasteiger partial charge in [0.25, 0.3) is 0 Å². The summed E-state index contributed by atoms with van der Waals surface area (Å²) in [5.41, 5.74) is 1.88. The predicted molar refractivity (Wildman–Crippen MR) is 79.3 cm³/mol. The van der Waals surface area contributed by atoms with Crippen LogP contribution in [-0.2, 0) is 11.3 Å². The SMILES string of the molecule is COCCN(Cc1ccc(F)c(C)c1)CC1CCCN1. The predicted octanol–water partition coefficient (Wildman–Crippen LogP) is 2.33. The van der Waals surface area contributed by atoms with Crippen molar-refractivity contribution >= 4 is 0 Å². The van der Waals surface area contributed by atoms with Gasteiger partial charge in [-0.3, -0.25) is 4.90 Å². The molecule has 20 heavy (non-hydrogen) atoms. The molecule has 1 saturated heterocycles. The molecule has 3 nitrogen and oxygen atoms in total. The van der Waals surface area contributed by atoms with Crippen LogP contribution in [0.1, 0.15) is 24.0 Å². The van der Waals surface area contributed by atoms with Crippen molar-refractivity contribution in [1.82, 2.24) is 10.2 Å². The number of methoxy groups -OCH3 is 1. The van der Waals surface area contributed by atoms with Crippen molar-refractivity contribution in [3.63, 3.8) is 0 Å². The molecule has 1 unspecified atom stereocenters. The quantitative estimate of drug-likeness (QED) is 0.829. The summed E-state index contributed by atoms with van der Waals surface area (Å²) in [7, 11) is 1.73. The number of nitrogens with zero attached hydrogens (tertiary/aromatic N) is 1. The second-order valence-corrected chi connectivity index (χ2v) is 5.60. The Hall–Kier alpha value is -0.970. The molecular formula is C16H25FN2O. The lowest BCUT2D eigenvalue weighted by Gasteiger charge is -2.25. The zero-order chi connectivity index (χ0) is 14.4. The monoisotopic (exact) mass is 280 g/mol. The van der Waals surface area contributed by atoms with Gasteiger partial charge < -0.3 is 10.1 Å². The Morgan fingerprint density at radius 1 is 1.45 bits per heavy atom. The van der Waals surface area contributed by atoms with Crippen LogP contribution < -0.4 is 5.32 Å². The number of ether oxygens (including phenoxy) is 1. The van der Waals surface area contributed by atoms with Crippen molar-refractivity contribution in [3.8, 4) is 0 Å². The zero-order valence-electron chi connectivity index (χ0n) is 12.5. The fourth-order valence-electron chi connectivity index (χ4n) is 2.74. The highest BCUT2D eigenvalue weighted by Gasteiger charge is 2.18. The molecule has 0 radical (unpaired) electrons. The van der Waals surface area contributed by atoms with Crippen LogP contribution in [0.3, 0.4) is 0 Å². The van der Waals surface area contributed by atoms with Crippen molar-refractivity contribution < 1.29 is 9.13 Å². The summed E-state index contributed by atoms with van der Waals surface area (Å²) >= 11 is 0. The minimum absolute atomic E-state index is 0.130. The first kappa shape index (κ1) is 15.4. The van der Waals surface area contributed by atoms with Crippen LogP contribution in [-0.4, -0.2) is 44.3 Å². The van der Waals surface area contributed by atoms with Crippen LogP contribution in [0.2, 0.25) is 0 Å². The van der Waals surface area contributed by atoms with Gasteiger partial charge in [-0.15, -0.1) is 0 Å². The summed E-state index contributed by atoms with van der Waals surface area (Å²) in [6.45, 7) is 6.45. The third-order valence-electron chi connectivity index (χ3n) is 3.88. The van der Waals surface area contributed by atoms with Crippen LogP contribution in [0.5, 0.6) is 0 Å². The van der Waals surface area contributed by atoms with E-state index in [4.69, 9.17) is 4.74 Å². The van der Waals surface area contributed by atoms with E-state index in [2.05, 4.69) is 10.2 Å². The van der Waals surface area contributed by atoms with E-state index in [0.29, 0.717) is 11.6 Å². The molecule has 1 atom stereocenters. The molecule has 0 amide bonds. The molecule has 1 aliphatic heterocycles. The molecule has 2 rings (SSSR count). The molecule has 0 aliphatic carbocycles. The Morgan fingerprint density at radius 3 is 2.95 bits per heavy atom. The Labute approximate surface area is 121 Å². The molecule has 1 heterocycles. The molecule has 1 aromatic carbocycles. The maximum absolute atomic E-state index is 13.3. The number of nitrogens with one attached hydrogen (secondary N) is 1. The molecule has 0 bridgehead atoms. The van der Waals surface area contributed by atoms with Gasteiger partial charge in [0.15, 0.2) is 0 Å². The smallest absolute Gasteiger partial charge is 0.126 e. The van der Waals surface area contributed by atoms with Gasteiger partial charge in [0.2, 0.25) is 0 Å². The van der Waals surface area contributed by atoms with E-state index >= 15 is 0 Å². The third kappa shape index (κ3) is 4.54. The molecule has 112 valence electrons. The van der Waals surface area contributed by atoms with E-state index in [0.717, 1.165) is 38.3 Å². The average Bonchev–Trinajstić information content (AvgIpc) is 2.93. The third-order valence-corrected chi connectivity index (χ3v) is 3.88. The highest BCUT2D eigenvalue weighted by molar-refractivity contribution is 5.23. The fraction of sp³-hybridized carbons (Fsp3) is 0.625. The first-order chi connectivity index (χ1) is 9.69. The van der Waals surface area contributed by atoms with Crippen LogP contribution in [0.4, 0.5) is 4.39 Å². The Kier molecular flexibility index (Phi) is 5.95. The lowest BCUT2D eigenvalue weighted by molar-refractivity contribution is 0.138. The summed E-state index contributed by atoms with van der Waals surface area (Å²) in [5, 5.41) is 3.53. The van der Waals surface area contributed by atoms with Gasteiger partial charge in [-0.2, -0.15) is 0 Å². The van der Waals surface area contributed by atoms with Crippen molar-refractivity contribution in [3.05, 3.63) is 35.1 Å². The lowest BCUT2D eigenvalue weighted by atomic mass is 10.1. The Bertz CT molecular complexity index is 419. The van der Waals surface area contributed by atoms with Gasteiger partial charge in [0.1, 0.15) is 5.82 Å². The van der Waals surface area contributed by atoms with E-state index < -0.39 is 0 Å². The van der Waals surface area contributed by atoms with E-state index in [9.17, 15) is 4.39 Å². The van der Waals surface area contributed by atoms with E-state index in [-0.39, 0.29) is 5.82 Å². The molecule has 1 N–H and O–H groups in total. The number of rotatable bonds is 7. The molecule has 1 fully saturated rings. The zero-order valence-corrected chi connectivity index (χ0v) is 12.5. The second-order valence-electron chi connectivity index (χ2n) is 5.60. The minimum Gasteiger partial charge on any atom is -0.383 e. The second kappa shape index (κ2) is 7.72. The summed E-state index contributed by atoms with van der Waals surface area (Å²) in [6, 6.07) is 5.96. The molecule has 0 aromatic heterocycles. The topological polar surface area (TPSA) is 24.5 Å². The minimum atomic E-state index is -0.130. The average molecular weight is 280 g/mol. The molecule has 4 heteroatoms. The van der Waals surface area contributed by atoms with Crippen molar-refractivity contribution in [2.75, 3.05) is 33.4 Å². The number of aryl methyl sites for hydroxylation is 1. The van der Waals surface area contributed by atoms with Crippen LogP contribution >= 0.6 is 0 Å². The standard InChI is InChI=1S/C16H25FN2O/c1-13-10-14(5-6-16(13)17)11-19(8-9-20-2)12-15-4-3-7-18-15/h5-6,10,15,18H,3-4,7-9,11-12H2,1-2H3. The van der Waals surface area contributed by atoms with Gasteiger partial charge >= 0.3 is 0 Å². The molecule has 0 spiro atoms. The summed E-state index contributed by atoms with van der Waals surface area (Å²) in [6.07, 6.45) is 2.50. The van der Waals surface area contributed by atoms with E-state index in [1.165, 1.54) is 12.8 Å². The summed E-state index contributed by atoms with van der Waals surface area (Å²) in [4.78, 5) is 2.39. The van der Waals surface area contributed by atoms with Gasteiger partial charge in [0, 0.05) is 32.8 Å². The number of benzene rings is 1. The van der Waals surface area contributed by atoms with Gasteiger partial charge in [-0.25, -0.2) is 4.39 Å². The Balaban J connectivity index is 1.95. The molecule has 1 aromatic rings. The van der Waals surface area contributed by atoms with Crippen molar-refractivity contribution in [2.24, 2.45) is 0 Å². The first-order valence-corrected chi connectivity index (χ1v) is 7.38. The van der Waals surface area contributed by atoms with Gasteiger partial charge in [-0.05, 0) is 43.5 Å². The van der Waals surface area contributed by atoms with Crippen molar-refractivity contribution in [2.45, 2.75) is 32.4 Å². The first-order valence-electron chi connectivity index (χ1n) is 7.38. The number of halogens is 1. The fourth-order valence-corrected chi connectivity index (χ4v) is 2.74. The number of hydrogen-bond acceptors (Lipinski definition) is 3. The highest BCUT2D eigenvalue weighted by Crippen LogP contribution is 2.13. The van der Waals surface area contributed by atoms with Crippen LogP contribution in [0.15, 0.2) is 18.2 Å². The van der Waals surface area contributed by atoms with Crippen molar-refractivity contribution in [1.29, 1.82) is 0 Å². The maximum Gasteiger partial charge on any atom is 0.126 e. The normalized spacial score (nSPS) is 18.9. The summed E-state index contributed by atoms with van der Waals surface area (Å²) < 4.78 is 18.5. The number of hydrogen-bond donors (Lipinski definition) is 1. The Morgan fingerprint density at radius 2 is 2.30 bits per heavy atom. The highest BCUT2D eigenvalue weighted by atomic mass is 19.1. The molecule has 0 saturated carbocycles. The van der Waals surface area contributed by atoms with Gasteiger partial charge in [-0.1, -0.05) is 12.1 Å². The molecular weight excluding hydrogens is 255 g/mol. The van der Waals surface area contributed by atoms with E-state index in [1.54, 1.807) is 13.2 Å². The van der Waals surface area contributed by atoms with Gasteiger partial charge in [0.05, 0.1) is 6.61 Å². The largest absolute Gasteiger partial charge is 0.383 e. The van der Waals surface area contributed by atoms with Crippen LogP contribution in [0.25, 0.3) is 0 Å². The van der Waals surface area contributed by atoms with E-state index in [1.807, 2.05) is 19.1 Å². The molecule has 1 aliphatic rings. The lowest BCUT2D eigenvalue weighted by Crippen LogP contribution is -2.38. The van der Waals surface area contributed by atoms with Crippen LogP contribution in [0, 0.1) is 12.7 Å². The summed E-state index contributed by atoms with van der Waals surface area (Å²) in [5.74, 6) is -0.130.